The first-order valence-electron chi connectivity index (χ1n) is 10.0. The zero-order valence-electron chi connectivity index (χ0n) is 16.1. The fourth-order valence-corrected chi connectivity index (χ4v) is 4.97. The second-order valence-electron chi connectivity index (χ2n) is 7.93. The molecule has 1 atom stereocenters. The summed E-state index contributed by atoms with van der Waals surface area (Å²) in [5, 5.41) is 6.76. The van der Waals surface area contributed by atoms with Crippen LogP contribution < -0.4 is 10.6 Å². The van der Waals surface area contributed by atoms with E-state index in [0.717, 1.165) is 51.7 Å². The van der Waals surface area contributed by atoms with Gasteiger partial charge in [-0.3, -0.25) is 9.69 Å². The lowest BCUT2D eigenvalue weighted by Crippen LogP contribution is -2.62. The van der Waals surface area contributed by atoms with Gasteiger partial charge in [0.1, 0.15) is 0 Å². The molecule has 3 aliphatic rings. The standard InChI is InChI=1S/C19H35N3O2.2ClH/c1-16(21-18(23)5-4-17-6-10-20-11-7-17)19(8-2-3-9-19)22-12-14-24-15-13-22;;/h16-17,20H,2-15H2,1H3,(H,21,23);2*1H. The van der Waals surface area contributed by atoms with Crippen molar-refractivity contribution < 1.29 is 9.53 Å². The molecule has 2 aliphatic heterocycles. The molecule has 0 aromatic rings. The van der Waals surface area contributed by atoms with Crippen LogP contribution in [0.5, 0.6) is 0 Å². The molecule has 2 saturated heterocycles. The van der Waals surface area contributed by atoms with Crippen LogP contribution in [0.2, 0.25) is 0 Å². The molecular weight excluding hydrogens is 373 g/mol. The number of nitrogens with one attached hydrogen (secondary N) is 2. The van der Waals surface area contributed by atoms with Crippen LogP contribution in [0.15, 0.2) is 0 Å². The largest absolute Gasteiger partial charge is 0.379 e. The average molecular weight is 410 g/mol. The number of nitrogens with zero attached hydrogens (tertiary/aromatic N) is 1. The number of hydrogen-bond donors (Lipinski definition) is 2. The summed E-state index contributed by atoms with van der Waals surface area (Å²) in [6.45, 7) is 8.13. The summed E-state index contributed by atoms with van der Waals surface area (Å²) in [6.07, 6.45) is 9.17. The summed E-state index contributed by atoms with van der Waals surface area (Å²) in [4.78, 5) is 15.1. The SMILES string of the molecule is CC(NC(=O)CCC1CCNCC1)C1(N2CCOCC2)CCCC1.Cl.Cl. The minimum atomic E-state index is 0. The second-order valence-corrected chi connectivity index (χ2v) is 7.93. The molecule has 154 valence electrons. The Morgan fingerprint density at radius 2 is 1.81 bits per heavy atom. The van der Waals surface area contributed by atoms with E-state index >= 15 is 0 Å². The van der Waals surface area contributed by atoms with Crippen LogP contribution >= 0.6 is 24.8 Å². The van der Waals surface area contributed by atoms with Gasteiger partial charge in [-0.05, 0) is 58.0 Å². The third-order valence-electron chi connectivity index (χ3n) is 6.53. The van der Waals surface area contributed by atoms with Gasteiger partial charge < -0.3 is 15.4 Å². The fourth-order valence-electron chi connectivity index (χ4n) is 4.97. The summed E-state index contributed by atoms with van der Waals surface area (Å²) < 4.78 is 5.54. The van der Waals surface area contributed by atoms with E-state index in [1.165, 1.54) is 38.5 Å². The number of ether oxygens (including phenoxy) is 1. The molecule has 3 fully saturated rings. The van der Waals surface area contributed by atoms with Crippen molar-refractivity contribution in [2.24, 2.45) is 5.92 Å². The molecule has 0 spiro atoms. The third-order valence-corrected chi connectivity index (χ3v) is 6.53. The molecule has 2 N–H and O–H groups in total. The van der Waals surface area contributed by atoms with Crippen molar-refractivity contribution in [1.82, 2.24) is 15.5 Å². The summed E-state index contributed by atoms with van der Waals surface area (Å²) in [6, 6.07) is 0.235. The van der Waals surface area contributed by atoms with Crippen molar-refractivity contribution in [1.29, 1.82) is 0 Å². The highest BCUT2D eigenvalue weighted by atomic mass is 35.5. The summed E-state index contributed by atoms with van der Waals surface area (Å²) >= 11 is 0. The number of halogens is 2. The summed E-state index contributed by atoms with van der Waals surface area (Å²) in [5.74, 6) is 0.979. The van der Waals surface area contributed by atoms with E-state index in [2.05, 4.69) is 22.5 Å². The van der Waals surface area contributed by atoms with Crippen molar-refractivity contribution in [2.45, 2.75) is 69.9 Å². The van der Waals surface area contributed by atoms with Gasteiger partial charge in [0.15, 0.2) is 0 Å². The summed E-state index contributed by atoms with van der Waals surface area (Å²) in [5.41, 5.74) is 0.161. The molecule has 1 saturated carbocycles. The minimum Gasteiger partial charge on any atom is -0.379 e. The molecule has 0 aromatic carbocycles. The van der Waals surface area contributed by atoms with Crippen molar-refractivity contribution in [2.75, 3.05) is 39.4 Å². The van der Waals surface area contributed by atoms with Crippen LogP contribution in [0.4, 0.5) is 0 Å². The highest BCUT2D eigenvalue weighted by Crippen LogP contribution is 2.38. The highest BCUT2D eigenvalue weighted by molar-refractivity contribution is 5.85. The fraction of sp³-hybridized carbons (Fsp3) is 0.947. The van der Waals surface area contributed by atoms with Gasteiger partial charge >= 0.3 is 0 Å². The van der Waals surface area contributed by atoms with Gasteiger partial charge in [0.2, 0.25) is 5.91 Å². The normalized spacial score (nSPS) is 25.0. The van der Waals surface area contributed by atoms with E-state index in [0.29, 0.717) is 6.42 Å². The Morgan fingerprint density at radius 3 is 2.42 bits per heavy atom. The maximum Gasteiger partial charge on any atom is 0.220 e. The molecule has 1 unspecified atom stereocenters. The van der Waals surface area contributed by atoms with E-state index in [9.17, 15) is 4.79 Å². The van der Waals surface area contributed by atoms with Crippen molar-refractivity contribution in [3.8, 4) is 0 Å². The monoisotopic (exact) mass is 409 g/mol. The lowest BCUT2D eigenvalue weighted by Gasteiger charge is -2.47. The van der Waals surface area contributed by atoms with Gasteiger partial charge in [-0.1, -0.05) is 12.8 Å². The number of morpholine rings is 1. The predicted octanol–water partition coefficient (Wildman–Crippen LogP) is 2.76. The van der Waals surface area contributed by atoms with Crippen LogP contribution in [0.25, 0.3) is 0 Å². The number of piperidine rings is 1. The zero-order chi connectivity index (χ0) is 16.8. The smallest absolute Gasteiger partial charge is 0.220 e. The first-order chi connectivity index (χ1) is 11.7. The maximum atomic E-state index is 12.5. The molecule has 1 aliphatic carbocycles. The van der Waals surface area contributed by atoms with E-state index in [1.807, 2.05) is 0 Å². The Morgan fingerprint density at radius 1 is 1.19 bits per heavy atom. The topological polar surface area (TPSA) is 53.6 Å². The van der Waals surface area contributed by atoms with E-state index in [1.54, 1.807) is 0 Å². The molecule has 7 heteroatoms. The van der Waals surface area contributed by atoms with Gasteiger partial charge in [0.25, 0.3) is 0 Å². The molecule has 0 aromatic heterocycles. The highest BCUT2D eigenvalue weighted by Gasteiger charge is 2.44. The number of carbonyl (C=O) groups is 1. The Kier molecular flexibility index (Phi) is 10.8. The minimum absolute atomic E-state index is 0. The molecule has 0 bridgehead atoms. The first kappa shape index (κ1) is 24.0. The number of hydrogen-bond acceptors (Lipinski definition) is 4. The molecule has 26 heavy (non-hydrogen) atoms. The van der Waals surface area contributed by atoms with Gasteiger partial charge in [-0.2, -0.15) is 0 Å². The predicted molar refractivity (Wildman–Crippen MR) is 111 cm³/mol. The molecule has 2 heterocycles. The molecular formula is C19H37Cl2N3O2. The first-order valence-corrected chi connectivity index (χ1v) is 10.0. The Hall–Kier alpha value is -0.0700. The maximum absolute atomic E-state index is 12.5. The van der Waals surface area contributed by atoms with E-state index in [4.69, 9.17) is 4.74 Å². The summed E-state index contributed by atoms with van der Waals surface area (Å²) in [7, 11) is 0. The van der Waals surface area contributed by atoms with E-state index < -0.39 is 0 Å². The molecule has 3 rings (SSSR count). The average Bonchev–Trinajstić information content (AvgIpc) is 3.13. The molecule has 1 amide bonds. The van der Waals surface area contributed by atoms with Crippen molar-refractivity contribution in [3.05, 3.63) is 0 Å². The van der Waals surface area contributed by atoms with Crippen LogP contribution in [-0.4, -0.2) is 61.8 Å². The Balaban J connectivity index is 0.00000169. The Bertz CT molecular complexity index is 408. The number of carbonyl (C=O) groups excluding carboxylic acids is 1. The van der Waals surface area contributed by atoms with Gasteiger partial charge in [-0.15, -0.1) is 24.8 Å². The number of amides is 1. The van der Waals surface area contributed by atoms with Crippen LogP contribution in [0, 0.1) is 5.92 Å². The van der Waals surface area contributed by atoms with Gasteiger partial charge in [0, 0.05) is 31.1 Å². The van der Waals surface area contributed by atoms with Crippen LogP contribution in [0.1, 0.15) is 58.3 Å². The molecule has 5 nitrogen and oxygen atoms in total. The lowest BCUT2D eigenvalue weighted by atomic mass is 9.86. The second kappa shape index (κ2) is 11.7. The van der Waals surface area contributed by atoms with Gasteiger partial charge in [0.05, 0.1) is 13.2 Å². The quantitative estimate of drug-likeness (QED) is 0.707. The third kappa shape index (κ3) is 5.96. The Labute approximate surface area is 171 Å². The van der Waals surface area contributed by atoms with Crippen LogP contribution in [-0.2, 0) is 9.53 Å². The van der Waals surface area contributed by atoms with Crippen LogP contribution in [0.3, 0.4) is 0 Å². The van der Waals surface area contributed by atoms with Gasteiger partial charge in [-0.25, -0.2) is 0 Å². The van der Waals surface area contributed by atoms with E-state index in [-0.39, 0.29) is 42.3 Å². The number of rotatable bonds is 6. The zero-order valence-corrected chi connectivity index (χ0v) is 17.8. The molecule has 0 radical (unpaired) electrons. The lowest BCUT2D eigenvalue weighted by molar-refractivity contribution is -0.123. The van der Waals surface area contributed by atoms with Crippen molar-refractivity contribution >= 4 is 30.7 Å². The van der Waals surface area contributed by atoms with Crippen molar-refractivity contribution in [3.63, 3.8) is 0 Å².